The molecule has 1 aliphatic heterocycles. The van der Waals surface area contributed by atoms with Gasteiger partial charge in [0, 0.05) is 32.2 Å². The summed E-state index contributed by atoms with van der Waals surface area (Å²) in [6, 6.07) is 3.53. The van der Waals surface area contributed by atoms with E-state index < -0.39 is 5.82 Å². The van der Waals surface area contributed by atoms with Gasteiger partial charge in [-0.1, -0.05) is 29.3 Å². The Morgan fingerprint density at radius 3 is 2.78 bits per heavy atom. The molecule has 1 aliphatic rings. The minimum absolute atomic E-state index is 0. The summed E-state index contributed by atoms with van der Waals surface area (Å²) in [6.07, 6.45) is 0. The van der Waals surface area contributed by atoms with Crippen molar-refractivity contribution < 1.29 is 4.39 Å². The first-order chi connectivity index (χ1) is 8.09. The highest BCUT2D eigenvalue weighted by Crippen LogP contribution is 2.29. The van der Waals surface area contributed by atoms with Gasteiger partial charge in [-0.25, -0.2) is 4.39 Å². The number of hydrogen-bond acceptors (Lipinski definition) is 2. The number of rotatable bonds is 2. The molecule has 1 fully saturated rings. The van der Waals surface area contributed by atoms with Crippen LogP contribution in [0.5, 0.6) is 0 Å². The van der Waals surface area contributed by atoms with Crippen molar-refractivity contribution in [3.63, 3.8) is 0 Å². The van der Waals surface area contributed by atoms with Gasteiger partial charge in [0.1, 0.15) is 5.82 Å². The van der Waals surface area contributed by atoms with Gasteiger partial charge in [0.05, 0.1) is 10.0 Å². The van der Waals surface area contributed by atoms with Gasteiger partial charge in [-0.3, -0.25) is 4.90 Å². The number of hydrogen-bond donors (Lipinski definition) is 1. The lowest BCUT2D eigenvalue weighted by Crippen LogP contribution is -2.49. The molecule has 0 radical (unpaired) electrons. The summed E-state index contributed by atoms with van der Waals surface area (Å²) in [5.41, 5.74) is 0.881. The van der Waals surface area contributed by atoms with Crippen LogP contribution in [0, 0.1) is 5.82 Å². The molecule has 6 heteroatoms. The molecule has 2 rings (SSSR count). The second-order valence-corrected chi connectivity index (χ2v) is 5.11. The third-order valence-corrected chi connectivity index (χ3v) is 4.03. The van der Waals surface area contributed by atoms with Gasteiger partial charge in [0.15, 0.2) is 0 Å². The average molecular weight is 314 g/mol. The lowest BCUT2D eigenvalue weighted by atomic mass is 10.1. The quantitative estimate of drug-likeness (QED) is 0.842. The fraction of sp³-hybridized carbons (Fsp3) is 0.500. The molecule has 1 aromatic rings. The van der Waals surface area contributed by atoms with Crippen LogP contribution in [0.25, 0.3) is 0 Å². The molecule has 0 unspecified atom stereocenters. The molecule has 18 heavy (non-hydrogen) atoms. The van der Waals surface area contributed by atoms with Crippen molar-refractivity contribution in [1.82, 2.24) is 10.2 Å². The molecule has 1 aromatic carbocycles. The largest absolute Gasteiger partial charge is 0.314 e. The maximum absolute atomic E-state index is 13.2. The number of piperazine rings is 1. The molecule has 0 bridgehead atoms. The average Bonchev–Trinajstić information content (AvgIpc) is 2.32. The van der Waals surface area contributed by atoms with Gasteiger partial charge in [0.25, 0.3) is 0 Å². The molecule has 1 N–H and O–H groups in total. The highest BCUT2D eigenvalue weighted by Gasteiger charge is 2.20. The Kier molecular flexibility index (Phi) is 6.15. The molecular weight excluding hydrogens is 298 g/mol. The van der Waals surface area contributed by atoms with E-state index in [1.807, 2.05) is 0 Å². The molecule has 0 saturated carbocycles. The van der Waals surface area contributed by atoms with Crippen LogP contribution in [0.4, 0.5) is 4.39 Å². The molecule has 1 heterocycles. The third kappa shape index (κ3) is 3.49. The van der Waals surface area contributed by atoms with Crippen LogP contribution in [-0.2, 0) is 6.54 Å². The second-order valence-electron chi connectivity index (χ2n) is 4.36. The smallest absolute Gasteiger partial charge is 0.143 e. The predicted octanol–water partition coefficient (Wildman–Crippen LogP) is 3.35. The van der Waals surface area contributed by atoms with Crippen LogP contribution in [0.15, 0.2) is 12.1 Å². The van der Waals surface area contributed by atoms with Gasteiger partial charge >= 0.3 is 0 Å². The maximum Gasteiger partial charge on any atom is 0.143 e. The summed E-state index contributed by atoms with van der Waals surface area (Å²) < 4.78 is 13.2. The minimum Gasteiger partial charge on any atom is -0.314 e. The first-order valence-corrected chi connectivity index (χ1v) is 6.42. The first-order valence-electron chi connectivity index (χ1n) is 5.66. The molecule has 0 aliphatic carbocycles. The van der Waals surface area contributed by atoms with E-state index in [0.717, 1.165) is 25.2 Å². The van der Waals surface area contributed by atoms with E-state index in [4.69, 9.17) is 23.2 Å². The van der Waals surface area contributed by atoms with E-state index in [1.54, 1.807) is 6.07 Å². The van der Waals surface area contributed by atoms with Crippen LogP contribution in [0.2, 0.25) is 10.0 Å². The zero-order valence-corrected chi connectivity index (χ0v) is 12.4. The van der Waals surface area contributed by atoms with Gasteiger partial charge in [0.2, 0.25) is 0 Å². The minimum atomic E-state index is -0.464. The summed E-state index contributed by atoms with van der Waals surface area (Å²) in [5.74, 6) is -0.464. The van der Waals surface area contributed by atoms with Crippen LogP contribution in [-0.4, -0.2) is 30.6 Å². The Balaban J connectivity index is 0.00000162. The fourth-order valence-corrected chi connectivity index (χ4v) is 2.42. The van der Waals surface area contributed by atoms with E-state index in [-0.39, 0.29) is 17.4 Å². The topological polar surface area (TPSA) is 15.3 Å². The van der Waals surface area contributed by atoms with Gasteiger partial charge in [-0.05, 0) is 18.6 Å². The Morgan fingerprint density at radius 2 is 2.11 bits per heavy atom. The molecule has 0 spiro atoms. The summed E-state index contributed by atoms with van der Waals surface area (Å²) in [7, 11) is 0. The van der Waals surface area contributed by atoms with Crippen LogP contribution < -0.4 is 5.32 Å². The zero-order valence-electron chi connectivity index (χ0n) is 10.0. The monoisotopic (exact) mass is 312 g/mol. The normalized spacial score (nSPS) is 20.6. The van der Waals surface area contributed by atoms with Crippen molar-refractivity contribution in [2.24, 2.45) is 0 Å². The van der Waals surface area contributed by atoms with Crippen LogP contribution in [0.3, 0.4) is 0 Å². The van der Waals surface area contributed by atoms with Gasteiger partial charge < -0.3 is 5.32 Å². The Hall–Kier alpha value is -0.0600. The van der Waals surface area contributed by atoms with Crippen LogP contribution in [0.1, 0.15) is 12.5 Å². The second kappa shape index (κ2) is 6.92. The van der Waals surface area contributed by atoms with E-state index in [0.29, 0.717) is 17.6 Å². The molecule has 2 nitrogen and oxygen atoms in total. The Morgan fingerprint density at radius 1 is 1.39 bits per heavy atom. The Labute approximate surface area is 123 Å². The number of nitrogens with one attached hydrogen (secondary N) is 1. The maximum atomic E-state index is 13.2. The van der Waals surface area contributed by atoms with Crippen molar-refractivity contribution in [2.45, 2.75) is 19.5 Å². The van der Waals surface area contributed by atoms with Crippen molar-refractivity contribution in [2.75, 3.05) is 19.6 Å². The molecule has 0 amide bonds. The van der Waals surface area contributed by atoms with E-state index >= 15 is 0 Å². The zero-order chi connectivity index (χ0) is 12.4. The number of nitrogens with zero attached hydrogens (tertiary/aromatic N) is 1. The SMILES string of the molecule is C[C@@H]1CNCCN1Cc1ccc(F)c(Cl)c1Cl.Cl. The molecule has 1 saturated heterocycles. The van der Waals surface area contributed by atoms with Crippen molar-refractivity contribution in [3.05, 3.63) is 33.6 Å². The fourth-order valence-electron chi connectivity index (χ4n) is 2.02. The lowest BCUT2D eigenvalue weighted by Gasteiger charge is -2.34. The highest BCUT2D eigenvalue weighted by molar-refractivity contribution is 6.42. The van der Waals surface area contributed by atoms with E-state index in [2.05, 4.69) is 17.1 Å². The van der Waals surface area contributed by atoms with E-state index in [1.165, 1.54) is 6.07 Å². The van der Waals surface area contributed by atoms with Crippen molar-refractivity contribution in [3.8, 4) is 0 Å². The number of halogens is 4. The third-order valence-electron chi connectivity index (χ3n) is 3.13. The standard InChI is InChI=1S/C12H15Cl2FN2.ClH/c1-8-6-16-4-5-17(8)7-9-2-3-10(15)12(14)11(9)13;/h2-3,8,16H,4-7H2,1H3;1H/t8-;/m1./s1. The first kappa shape index (κ1) is 16.0. The van der Waals surface area contributed by atoms with Crippen molar-refractivity contribution >= 4 is 35.6 Å². The van der Waals surface area contributed by atoms with Gasteiger partial charge in [-0.2, -0.15) is 0 Å². The highest BCUT2D eigenvalue weighted by atomic mass is 35.5. The summed E-state index contributed by atoms with van der Waals surface area (Å²) in [5, 5.41) is 3.68. The molecule has 0 aromatic heterocycles. The number of benzene rings is 1. The van der Waals surface area contributed by atoms with E-state index in [9.17, 15) is 4.39 Å². The molecule has 1 atom stereocenters. The lowest BCUT2D eigenvalue weighted by molar-refractivity contribution is 0.165. The molecule has 102 valence electrons. The van der Waals surface area contributed by atoms with Crippen LogP contribution >= 0.6 is 35.6 Å². The summed E-state index contributed by atoms with van der Waals surface area (Å²) >= 11 is 11.9. The van der Waals surface area contributed by atoms with Gasteiger partial charge in [-0.15, -0.1) is 12.4 Å². The summed E-state index contributed by atoms with van der Waals surface area (Å²) in [6.45, 7) is 5.77. The summed E-state index contributed by atoms with van der Waals surface area (Å²) in [4.78, 5) is 2.31. The Bertz CT molecular complexity index is 415. The van der Waals surface area contributed by atoms with Crippen molar-refractivity contribution in [1.29, 1.82) is 0 Å². The molecular formula is C12H16Cl3FN2. The predicted molar refractivity (Wildman–Crippen MR) is 76.4 cm³/mol.